The summed E-state index contributed by atoms with van der Waals surface area (Å²) < 4.78 is 1.89. The maximum Gasteiger partial charge on any atom is 0.102 e. The van der Waals surface area contributed by atoms with E-state index in [1.165, 1.54) is 5.56 Å². The lowest BCUT2D eigenvalue weighted by atomic mass is 10.1. The van der Waals surface area contributed by atoms with Crippen molar-refractivity contribution in [1.82, 2.24) is 20.1 Å². The van der Waals surface area contributed by atoms with Crippen molar-refractivity contribution in [3.63, 3.8) is 0 Å². The van der Waals surface area contributed by atoms with Crippen molar-refractivity contribution in [3.05, 3.63) is 35.7 Å². The van der Waals surface area contributed by atoms with Crippen LogP contribution < -0.4 is 5.32 Å². The summed E-state index contributed by atoms with van der Waals surface area (Å²) in [6.45, 7) is 7.38. The molecule has 0 aliphatic heterocycles. The van der Waals surface area contributed by atoms with Gasteiger partial charge in [0.15, 0.2) is 0 Å². The van der Waals surface area contributed by atoms with Crippen LogP contribution in [-0.4, -0.2) is 21.3 Å². The number of aryl methyl sites for hydroxylation is 2. The standard InChI is InChI=1S/C15H22N4S/c1-5-8-16-12(3)13-6-7-14(17-10-13)20-15-9-11(2)18-19(15)4/h6-7,9-10,12,16H,5,8H2,1-4H3. The largest absolute Gasteiger partial charge is 0.310 e. The van der Waals surface area contributed by atoms with Gasteiger partial charge in [-0.3, -0.25) is 4.68 Å². The Morgan fingerprint density at radius 3 is 2.75 bits per heavy atom. The topological polar surface area (TPSA) is 42.7 Å². The highest BCUT2D eigenvalue weighted by Crippen LogP contribution is 2.26. The van der Waals surface area contributed by atoms with Gasteiger partial charge in [0.05, 0.1) is 5.69 Å². The summed E-state index contributed by atoms with van der Waals surface area (Å²) in [5.74, 6) is 0. The van der Waals surface area contributed by atoms with Gasteiger partial charge in [0.25, 0.3) is 0 Å². The highest BCUT2D eigenvalue weighted by Gasteiger charge is 2.07. The molecule has 2 aromatic heterocycles. The van der Waals surface area contributed by atoms with Crippen LogP contribution in [0, 0.1) is 6.92 Å². The van der Waals surface area contributed by atoms with Crippen LogP contribution in [0.4, 0.5) is 0 Å². The molecule has 5 heteroatoms. The van der Waals surface area contributed by atoms with E-state index in [0.717, 1.165) is 28.7 Å². The number of hydrogen-bond acceptors (Lipinski definition) is 4. The van der Waals surface area contributed by atoms with Gasteiger partial charge in [-0.25, -0.2) is 4.98 Å². The Hall–Kier alpha value is -1.33. The molecule has 4 nitrogen and oxygen atoms in total. The molecule has 1 N–H and O–H groups in total. The third-order valence-electron chi connectivity index (χ3n) is 3.13. The minimum absolute atomic E-state index is 0.348. The van der Waals surface area contributed by atoms with E-state index in [4.69, 9.17) is 0 Å². The van der Waals surface area contributed by atoms with Crippen molar-refractivity contribution in [3.8, 4) is 0 Å². The molecular weight excluding hydrogens is 268 g/mol. The van der Waals surface area contributed by atoms with E-state index in [-0.39, 0.29) is 0 Å². The van der Waals surface area contributed by atoms with Crippen molar-refractivity contribution < 1.29 is 0 Å². The van der Waals surface area contributed by atoms with Crippen LogP contribution in [0.15, 0.2) is 34.4 Å². The zero-order chi connectivity index (χ0) is 14.5. The van der Waals surface area contributed by atoms with Gasteiger partial charge >= 0.3 is 0 Å². The smallest absolute Gasteiger partial charge is 0.102 e. The van der Waals surface area contributed by atoms with Crippen molar-refractivity contribution >= 4 is 11.8 Å². The number of rotatable bonds is 6. The summed E-state index contributed by atoms with van der Waals surface area (Å²) in [4.78, 5) is 4.54. The second-order valence-corrected chi connectivity index (χ2v) is 6.00. The molecule has 1 atom stereocenters. The molecule has 0 saturated heterocycles. The van der Waals surface area contributed by atoms with E-state index >= 15 is 0 Å². The average molecular weight is 290 g/mol. The monoisotopic (exact) mass is 290 g/mol. The van der Waals surface area contributed by atoms with E-state index in [1.54, 1.807) is 11.8 Å². The van der Waals surface area contributed by atoms with Crippen molar-refractivity contribution in [2.75, 3.05) is 6.54 Å². The molecule has 0 aliphatic rings. The third kappa shape index (κ3) is 3.84. The molecule has 20 heavy (non-hydrogen) atoms. The molecule has 2 rings (SSSR count). The van der Waals surface area contributed by atoms with Crippen molar-refractivity contribution in [2.45, 2.75) is 43.3 Å². The minimum Gasteiger partial charge on any atom is -0.310 e. The van der Waals surface area contributed by atoms with E-state index in [1.807, 2.05) is 24.9 Å². The highest BCUT2D eigenvalue weighted by molar-refractivity contribution is 7.99. The molecule has 0 radical (unpaired) electrons. The fourth-order valence-corrected chi connectivity index (χ4v) is 2.83. The first kappa shape index (κ1) is 15.1. The second-order valence-electron chi connectivity index (χ2n) is 4.96. The fourth-order valence-electron chi connectivity index (χ4n) is 1.98. The molecule has 0 saturated carbocycles. The van der Waals surface area contributed by atoms with Gasteiger partial charge in [-0.05, 0) is 44.5 Å². The van der Waals surface area contributed by atoms with E-state index in [0.29, 0.717) is 6.04 Å². The fraction of sp³-hybridized carbons (Fsp3) is 0.467. The van der Waals surface area contributed by atoms with Crippen molar-refractivity contribution in [1.29, 1.82) is 0 Å². The summed E-state index contributed by atoms with van der Waals surface area (Å²) in [6.07, 6.45) is 3.10. The van der Waals surface area contributed by atoms with Gasteiger partial charge in [-0.2, -0.15) is 5.10 Å². The Morgan fingerprint density at radius 1 is 1.40 bits per heavy atom. The van der Waals surface area contributed by atoms with Gasteiger partial charge in [0.2, 0.25) is 0 Å². The maximum atomic E-state index is 4.54. The van der Waals surface area contributed by atoms with Gasteiger partial charge in [0, 0.05) is 19.3 Å². The maximum absolute atomic E-state index is 4.54. The number of nitrogens with one attached hydrogen (secondary N) is 1. The summed E-state index contributed by atoms with van der Waals surface area (Å²) in [6, 6.07) is 6.64. The molecule has 108 valence electrons. The van der Waals surface area contributed by atoms with Gasteiger partial charge < -0.3 is 5.32 Å². The Kier molecular flexibility index (Phi) is 5.20. The Morgan fingerprint density at radius 2 is 2.20 bits per heavy atom. The van der Waals surface area contributed by atoms with Crippen LogP contribution in [0.5, 0.6) is 0 Å². The molecule has 0 bridgehead atoms. The van der Waals surface area contributed by atoms with Gasteiger partial charge in [-0.15, -0.1) is 0 Å². The predicted octanol–water partition coefficient (Wildman–Crippen LogP) is 3.34. The molecule has 2 heterocycles. The first-order chi connectivity index (χ1) is 9.60. The van der Waals surface area contributed by atoms with Crippen LogP contribution in [0.2, 0.25) is 0 Å². The zero-order valence-corrected chi connectivity index (χ0v) is 13.4. The van der Waals surface area contributed by atoms with Gasteiger partial charge in [-0.1, -0.05) is 24.8 Å². The summed E-state index contributed by atoms with van der Waals surface area (Å²) >= 11 is 1.64. The molecule has 0 aromatic carbocycles. The van der Waals surface area contributed by atoms with Crippen LogP contribution in [0.1, 0.15) is 37.6 Å². The number of nitrogens with zero attached hydrogens (tertiary/aromatic N) is 3. The lowest BCUT2D eigenvalue weighted by Crippen LogP contribution is -2.19. The van der Waals surface area contributed by atoms with Crippen LogP contribution in [-0.2, 0) is 7.05 Å². The SMILES string of the molecule is CCCNC(C)c1ccc(Sc2cc(C)nn2C)nc1. The zero-order valence-electron chi connectivity index (χ0n) is 12.6. The minimum atomic E-state index is 0.348. The summed E-state index contributed by atoms with van der Waals surface area (Å²) in [7, 11) is 1.96. The number of aromatic nitrogens is 3. The van der Waals surface area contributed by atoms with Crippen LogP contribution in [0.3, 0.4) is 0 Å². The van der Waals surface area contributed by atoms with Crippen LogP contribution >= 0.6 is 11.8 Å². The Labute approximate surface area is 125 Å². The highest BCUT2D eigenvalue weighted by atomic mass is 32.2. The van der Waals surface area contributed by atoms with E-state index in [2.05, 4.69) is 47.4 Å². The quantitative estimate of drug-likeness (QED) is 0.886. The summed E-state index contributed by atoms with van der Waals surface area (Å²) in [5, 5.41) is 9.92. The second kappa shape index (κ2) is 6.90. The first-order valence-electron chi connectivity index (χ1n) is 6.98. The Balaban J connectivity index is 2.03. The lowest BCUT2D eigenvalue weighted by Gasteiger charge is -2.13. The molecule has 2 aromatic rings. The normalized spacial score (nSPS) is 12.6. The molecule has 0 aliphatic carbocycles. The van der Waals surface area contributed by atoms with E-state index in [9.17, 15) is 0 Å². The molecule has 0 spiro atoms. The third-order valence-corrected chi connectivity index (χ3v) is 4.17. The molecule has 1 unspecified atom stereocenters. The average Bonchev–Trinajstić information content (AvgIpc) is 2.75. The molecule has 0 amide bonds. The number of pyridine rings is 1. The van der Waals surface area contributed by atoms with Crippen LogP contribution in [0.25, 0.3) is 0 Å². The first-order valence-corrected chi connectivity index (χ1v) is 7.79. The lowest BCUT2D eigenvalue weighted by molar-refractivity contribution is 0.568. The molecule has 0 fully saturated rings. The summed E-state index contributed by atoms with van der Waals surface area (Å²) in [5.41, 5.74) is 2.26. The van der Waals surface area contributed by atoms with E-state index < -0.39 is 0 Å². The van der Waals surface area contributed by atoms with Gasteiger partial charge in [0.1, 0.15) is 10.1 Å². The predicted molar refractivity (Wildman–Crippen MR) is 83.0 cm³/mol. The Bertz CT molecular complexity index is 548. The van der Waals surface area contributed by atoms with Crippen molar-refractivity contribution in [2.24, 2.45) is 7.05 Å². The molecular formula is C15H22N4S. The number of hydrogen-bond donors (Lipinski definition) is 1.